The topological polar surface area (TPSA) is 61.0 Å². The van der Waals surface area contributed by atoms with Gasteiger partial charge in [0.05, 0.1) is 17.3 Å². The molecule has 2 heterocycles. The number of carbonyl (C=O) groups is 1. The minimum absolute atomic E-state index is 0.133. The second kappa shape index (κ2) is 6.26. The van der Waals surface area contributed by atoms with Gasteiger partial charge in [0.1, 0.15) is 0 Å². The first kappa shape index (κ1) is 14.1. The average Bonchev–Trinajstić information content (AvgIpc) is 3.01. The Morgan fingerprint density at radius 3 is 3.00 bits per heavy atom. The van der Waals surface area contributed by atoms with E-state index in [9.17, 15) is 4.79 Å². The van der Waals surface area contributed by atoms with Crippen LogP contribution in [0, 0.1) is 5.92 Å². The van der Waals surface area contributed by atoms with Crippen molar-refractivity contribution in [3.8, 4) is 0 Å². The quantitative estimate of drug-likeness (QED) is 0.904. The molecule has 0 spiro atoms. The van der Waals surface area contributed by atoms with Crippen molar-refractivity contribution in [1.82, 2.24) is 20.4 Å². The Bertz CT molecular complexity index is 614. The number of nitrogens with one attached hydrogen (secondary N) is 2. The number of aromatic nitrogens is 2. The SMILES string of the molecule is CNCCC1CCN(C(=O)c2cccc3[nH]ncc23)CC1. The van der Waals surface area contributed by atoms with Gasteiger partial charge in [0.15, 0.2) is 0 Å². The summed E-state index contributed by atoms with van der Waals surface area (Å²) in [4.78, 5) is 14.7. The monoisotopic (exact) mass is 286 g/mol. The fraction of sp³-hybridized carbons (Fsp3) is 0.500. The van der Waals surface area contributed by atoms with Crippen LogP contribution in [0.5, 0.6) is 0 Å². The van der Waals surface area contributed by atoms with Crippen LogP contribution in [0.25, 0.3) is 10.9 Å². The molecule has 2 N–H and O–H groups in total. The van der Waals surface area contributed by atoms with Crippen LogP contribution < -0.4 is 5.32 Å². The van der Waals surface area contributed by atoms with Gasteiger partial charge in [-0.1, -0.05) is 6.07 Å². The maximum atomic E-state index is 12.7. The second-order valence-electron chi connectivity index (χ2n) is 5.76. The number of likely N-dealkylation sites (tertiary alicyclic amines) is 1. The lowest BCUT2D eigenvalue weighted by Crippen LogP contribution is -2.39. The Balaban J connectivity index is 1.68. The number of rotatable bonds is 4. The zero-order valence-electron chi connectivity index (χ0n) is 12.4. The van der Waals surface area contributed by atoms with Crippen LogP contribution in [0.2, 0.25) is 0 Å². The standard InChI is InChI=1S/C16H22N4O/c1-17-8-5-12-6-9-20(10-7-12)16(21)13-3-2-4-15-14(13)11-18-19-15/h2-4,11-12,17H,5-10H2,1H3,(H,18,19). The summed E-state index contributed by atoms with van der Waals surface area (Å²) in [5, 5.41) is 11.1. The van der Waals surface area contributed by atoms with Gasteiger partial charge in [-0.25, -0.2) is 0 Å². The first-order valence-corrected chi connectivity index (χ1v) is 7.65. The Hall–Kier alpha value is -1.88. The van der Waals surface area contributed by atoms with Gasteiger partial charge in [0, 0.05) is 18.5 Å². The lowest BCUT2D eigenvalue weighted by molar-refractivity contribution is 0.0689. The Labute approximate surface area is 124 Å². The molecule has 2 aromatic rings. The fourth-order valence-electron chi connectivity index (χ4n) is 3.10. The summed E-state index contributed by atoms with van der Waals surface area (Å²) >= 11 is 0. The minimum atomic E-state index is 0.133. The minimum Gasteiger partial charge on any atom is -0.339 e. The zero-order valence-corrected chi connectivity index (χ0v) is 12.4. The molecule has 3 rings (SSSR count). The molecule has 0 aliphatic carbocycles. The number of nitrogens with zero attached hydrogens (tertiary/aromatic N) is 2. The fourth-order valence-corrected chi connectivity index (χ4v) is 3.10. The number of benzene rings is 1. The molecular formula is C16H22N4O. The molecule has 112 valence electrons. The molecule has 0 atom stereocenters. The lowest BCUT2D eigenvalue weighted by Gasteiger charge is -2.32. The summed E-state index contributed by atoms with van der Waals surface area (Å²) in [7, 11) is 1.99. The maximum Gasteiger partial charge on any atom is 0.254 e. The van der Waals surface area contributed by atoms with Gasteiger partial charge >= 0.3 is 0 Å². The highest BCUT2D eigenvalue weighted by Crippen LogP contribution is 2.23. The van der Waals surface area contributed by atoms with E-state index in [1.165, 1.54) is 6.42 Å². The highest BCUT2D eigenvalue weighted by Gasteiger charge is 2.24. The Morgan fingerprint density at radius 1 is 1.43 bits per heavy atom. The van der Waals surface area contributed by atoms with E-state index in [-0.39, 0.29) is 5.91 Å². The van der Waals surface area contributed by atoms with Gasteiger partial charge in [-0.05, 0) is 50.9 Å². The van der Waals surface area contributed by atoms with E-state index >= 15 is 0 Å². The smallest absolute Gasteiger partial charge is 0.254 e. The number of H-pyrrole nitrogens is 1. The van der Waals surface area contributed by atoms with Crippen molar-refractivity contribution in [3.63, 3.8) is 0 Å². The summed E-state index contributed by atoms with van der Waals surface area (Å²) < 4.78 is 0. The van der Waals surface area contributed by atoms with Gasteiger partial charge in [-0.15, -0.1) is 0 Å². The molecule has 1 fully saturated rings. The number of aromatic amines is 1. The first-order chi connectivity index (χ1) is 10.3. The highest BCUT2D eigenvalue weighted by atomic mass is 16.2. The van der Waals surface area contributed by atoms with Crippen LogP contribution in [0.1, 0.15) is 29.6 Å². The number of piperidine rings is 1. The predicted molar refractivity (Wildman–Crippen MR) is 83.3 cm³/mol. The van der Waals surface area contributed by atoms with E-state index in [4.69, 9.17) is 0 Å². The maximum absolute atomic E-state index is 12.7. The second-order valence-corrected chi connectivity index (χ2v) is 5.76. The van der Waals surface area contributed by atoms with E-state index in [1.807, 2.05) is 30.1 Å². The summed E-state index contributed by atoms with van der Waals surface area (Å²) in [6.07, 6.45) is 5.15. The molecular weight excluding hydrogens is 264 g/mol. The van der Waals surface area contributed by atoms with Crippen LogP contribution in [0.3, 0.4) is 0 Å². The molecule has 0 radical (unpaired) electrons. The van der Waals surface area contributed by atoms with Crippen LogP contribution in [0.15, 0.2) is 24.4 Å². The van der Waals surface area contributed by atoms with E-state index in [0.717, 1.165) is 54.9 Å². The molecule has 1 aromatic heterocycles. The van der Waals surface area contributed by atoms with Gasteiger partial charge < -0.3 is 10.2 Å². The summed E-state index contributed by atoms with van der Waals surface area (Å²) in [5.74, 6) is 0.875. The molecule has 0 unspecified atom stereocenters. The third-order valence-corrected chi connectivity index (χ3v) is 4.42. The van der Waals surface area contributed by atoms with E-state index < -0.39 is 0 Å². The molecule has 1 aromatic carbocycles. The predicted octanol–water partition coefficient (Wildman–Crippen LogP) is 2.02. The third kappa shape index (κ3) is 2.93. The van der Waals surface area contributed by atoms with Crippen molar-refractivity contribution in [1.29, 1.82) is 0 Å². The van der Waals surface area contributed by atoms with Gasteiger partial charge in [0.2, 0.25) is 0 Å². The highest BCUT2D eigenvalue weighted by molar-refractivity contribution is 6.06. The molecule has 1 amide bonds. The summed E-state index contributed by atoms with van der Waals surface area (Å²) in [6, 6.07) is 5.75. The van der Waals surface area contributed by atoms with Crippen LogP contribution in [-0.2, 0) is 0 Å². The normalized spacial score (nSPS) is 16.5. The van der Waals surface area contributed by atoms with E-state index in [1.54, 1.807) is 6.20 Å². The number of fused-ring (bicyclic) bond motifs is 1. The van der Waals surface area contributed by atoms with Crippen molar-refractivity contribution in [2.24, 2.45) is 5.92 Å². The van der Waals surface area contributed by atoms with Gasteiger partial charge in [-0.2, -0.15) is 5.10 Å². The number of carbonyl (C=O) groups excluding carboxylic acids is 1. The molecule has 1 aliphatic heterocycles. The largest absolute Gasteiger partial charge is 0.339 e. The van der Waals surface area contributed by atoms with Crippen LogP contribution >= 0.6 is 0 Å². The van der Waals surface area contributed by atoms with Crippen molar-refractivity contribution in [2.45, 2.75) is 19.3 Å². The average molecular weight is 286 g/mol. The van der Waals surface area contributed by atoms with Gasteiger partial charge in [-0.3, -0.25) is 9.89 Å². The van der Waals surface area contributed by atoms with E-state index in [0.29, 0.717) is 0 Å². The molecule has 0 bridgehead atoms. The van der Waals surface area contributed by atoms with Crippen LogP contribution in [0.4, 0.5) is 0 Å². The molecule has 0 saturated carbocycles. The molecule has 21 heavy (non-hydrogen) atoms. The van der Waals surface area contributed by atoms with Crippen molar-refractivity contribution in [2.75, 3.05) is 26.7 Å². The zero-order chi connectivity index (χ0) is 14.7. The summed E-state index contributed by atoms with van der Waals surface area (Å²) in [5.41, 5.74) is 1.68. The number of amides is 1. The van der Waals surface area contributed by atoms with E-state index in [2.05, 4.69) is 15.5 Å². The number of hydrogen-bond acceptors (Lipinski definition) is 3. The van der Waals surface area contributed by atoms with Gasteiger partial charge in [0.25, 0.3) is 5.91 Å². The van der Waals surface area contributed by atoms with Crippen molar-refractivity contribution < 1.29 is 4.79 Å². The third-order valence-electron chi connectivity index (χ3n) is 4.42. The van der Waals surface area contributed by atoms with Crippen LogP contribution in [-0.4, -0.2) is 47.7 Å². The first-order valence-electron chi connectivity index (χ1n) is 7.65. The number of hydrogen-bond donors (Lipinski definition) is 2. The molecule has 5 heteroatoms. The Morgan fingerprint density at radius 2 is 2.24 bits per heavy atom. The van der Waals surface area contributed by atoms with Crippen molar-refractivity contribution in [3.05, 3.63) is 30.0 Å². The van der Waals surface area contributed by atoms with Crippen molar-refractivity contribution >= 4 is 16.8 Å². The molecule has 5 nitrogen and oxygen atoms in total. The lowest BCUT2D eigenvalue weighted by atomic mass is 9.93. The Kier molecular flexibility index (Phi) is 4.20. The molecule has 1 aliphatic rings. The summed E-state index contributed by atoms with van der Waals surface area (Å²) in [6.45, 7) is 2.79. The molecule has 1 saturated heterocycles.